The molecule has 1 aromatic carbocycles. The van der Waals surface area contributed by atoms with Gasteiger partial charge in [-0.15, -0.1) is 11.3 Å². The van der Waals surface area contributed by atoms with Crippen LogP contribution < -0.4 is 5.32 Å². The summed E-state index contributed by atoms with van der Waals surface area (Å²) in [6.45, 7) is 3.29. The van der Waals surface area contributed by atoms with Crippen LogP contribution in [0.1, 0.15) is 37.6 Å². The van der Waals surface area contributed by atoms with E-state index in [1.54, 1.807) is 0 Å². The summed E-state index contributed by atoms with van der Waals surface area (Å²) in [5.74, 6) is 0.922. The van der Waals surface area contributed by atoms with Crippen LogP contribution in [-0.2, 0) is 6.54 Å². The Labute approximate surface area is 112 Å². The van der Waals surface area contributed by atoms with E-state index in [1.165, 1.54) is 35.4 Å². The Morgan fingerprint density at radius 2 is 2.00 bits per heavy atom. The molecule has 0 saturated heterocycles. The van der Waals surface area contributed by atoms with Gasteiger partial charge in [0.2, 0.25) is 0 Å². The highest BCUT2D eigenvalue weighted by Crippen LogP contribution is 2.25. The second-order valence-electron chi connectivity index (χ2n) is 5.41. The van der Waals surface area contributed by atoms with Gasteiger partial charge in [-0.2, -0.15) is 0 Å². The van der Waals surface area contributed by atoms with Crippen molar-refractivity contribution in [1.29, 1.82) is 0 Å². The Morgan fingerprint density at radius 1 is 1.22 bits per heavy atom. The van der Waals surface area contributed by atoms with Gasteiger partial charge in [-0.3, -0.25) is 0 Å². The topological polar surface area (TPSA) is 24.9 Å². The maximum absolute atomic E-state index is 4.67. The van der Waals surface area contributed by atoms with Crippen molar-refractivity contribution < 1.29 is 0 Å². The molecule has 2 aromatic rings. The van der Waals surface area contributed by atoms with Gasteiger partial charge in [0.25, 0.3) is 0 Å². The third-order valence-corrected chi connectivity index (χ3v) is 4.93. The second kappa shape index (κ2) is 5.37. The number of rotatable bonds is 3. The summed E-state index contributed by atoms with van der Waals surface area (Å²) in [5, 5.41) is 4.88. The lowest BCUT2D eigenvalue weighted by Gasteiger charge is -2.26. The van der Waals surface area contributed by atoms with E-state index in [2.05, 4.69) is 41.5 Å². The van der Waals surface area contributed by atoms with E-state index >= 15 is 0 Å². The Hall–Kier alpha value is -0.930. The molecule has 1 aliphatic carbocycles. The maximum atomic E-state index is 4.67. The summed E-state index contributed by atoms with van der Waals surface area (Å²) in [4.78, 5) is 4.67. The number of para-hydroxylation sites is 1. The number of nitrogens with zero attached hydrogens (tertiary/aromatic N) is 1. The second-order valence-corrected chi connectivity index (χ2v) is 6.53. The molecule has 96 valence electrons. The van der Waals surface area contributed by atoms with E-state index in [4.69, 9.17) is 0 Å². The number of thiazole rings is 1. The molecule has 1 N–H and O–H groups in total. The Morgan fingerprint density at radius 3 is 2.78 bits per heavy atom. The van der Waals surface area contributed by atoms with Crippen LogP contribution in [0.4, 0.5) is 0 Å². The number of aromatic nitrogens is 1. The van der Waals surface area contributed by atoms with Crippen molar-refractivity contribution in [2.24, 2.45) is 5.92 Å². The lowest BCUT2D eigenvalue weighted by Crippen LogP contribution is -2.32. The van der Waals surface area contributed by atoms with Crippen molar-refractivity contribution in [3.05, 3.63) is 29.3 Å². The number of benzene rings is 1. The minimum atomic E-state index is 0.702. The summed E-state index contributed by atoms with van der Waals surface area (Å²) in [6, 6.07) is 9.09. The van der Waals surface area contributed by atoms with E-state index in [-0.39, 0.29) is 0 Å². The molecule has 1 aromatic heterocycles. The van der Waals surface area contributed by atoms with E-state index < -0.39 is 0 Å². The van der Waals surface area contributed by atoms with Crippen molar-refractivity contribution in [2.75, 3.05) is 0 Å². The largest absolute Gasteiger partial charge is 0.308 e. The number of nitrogens with one attached hydrogen (secondary N) is 1. The summed E-state index contributed by atoms with van der Waals surface area (Å²) in [6.07, 6.45) is 5.40. The molecule has 0 aliphatic heterocycles. The van der Waals surface area contributed by atoms with Crippen LogP contribution in [0.3, 0.4) is 0 Å². The summed E-state index contributed by atoms with van der Waals surface area (Å²) in [5.41, 5.74) is 1.14. The minimum absolute atomic E-state index is 0.702. The van der Waals surface area contributed by atoms with Gasteiger partial charge in [-0.1, -0.05) is 19.1 Å². The lowest BCUT2D eigenvalue weighted by molar-refractivity contribution is 0.306. The van der Waals surface area contributed by atoms with Crippen molar-refractivity contribution in [3.63, 3.8) is 0 Å². The molecule has 3 rings (SSSR count). The maximum Gasteiger partial charge on any atom is 0.108 e. The molecule has 0 amide bonds. The molecule has 2 nitrogen and oxygen atoms in total. The number of hydrogen-bond donors (Lipinski definition) is 1. The monoisotopic (exact) mass is 260 g/mol. The lowest BCUT2D eigenvalue weighted by atomic mass is 9.87. The van der Waals surface area contributed by atoms with Crippen molar-refractivity contribution in [3.8, 4) is 0 Å². The summed E-state index contributed by atoms with van der Waals surface area (Å²) < 4.78 is 1.30. The molecular formula is C15H20N2S. The van der Waals surface area contributed by atoms with Crippen LogP contribution in [0.5, 0.6) is 0 Å². The standard InChI is InChI=1S/C15H20N2S/c1-11-6-8-12(9-7-11)16-10-15-17-13-4-2-3-5-14(13)18-15/h2-5,11-12,16H,6-10H2,1H3. The Bertz CT molecular complexity index is 479. The first-order valence-corrected chi connectivity index (χ1v) is 7.71. The predicted molar refractivity (Wildman–Crippen MR) is 77.9 cm³/mol. The van der Waals surface area contributed by atoms with Crippen molar-refractivity contribution >= 4 is 21.6 Å². The van der Waals surface area contributed by atoms with Gasteiger partial charge in [0.1, 0.15) is 5.01 Å². The van der Waals surface area contributed by atoms with Crippen LogP contribution in [0.25, 0.3) is 10.2 Å². The van der Waals surface area contributed by atoms with E-state index in [9.17, 15) is 0 Å². The fraction of sp³-hybridized carbons (Fsp3) is 0.533. The Kier molecular flexibility index (Phi) is 3.62. The fourth-order valence-electron chi connectivity index (χ4n) is 2.69. The molecule has 0 unspecified atom stereocenters. The van der Waals surface area contributed by atoms with Gasteiger partial charge in [0.15, 0.2) is 0 Å². The molecule has 3 heteroatoms. The molecule has 1 aliphatic rings. The highest BCUT2D eigenvalue weighted by atomic mass is 32.1. The van der Waals surface area contributed by atoms with Gasteiger partial charge >= 0.3 is 0 Å². The average molecular weight is 260 g/mol. The van der Waals surface area contributed by atoms with Crippen LogP contribution in [0.2, 0.25) is 0 Å². The van der Waals surface area contributed by atoms with E-state index in [0.29, 0.717) is 6.04 Å². The SMILES string of the molecule is CC1CCC(NCc2nc3ccccc3s2)CC1. The first-order valence-electron chi connectivity index (χ1n) is 6.89. The smallest absolute Gasteiger partial charge is 0.108 e. The zero-order valence-corrected chi connectivity index (χ0v) is 11.7. The highest BCUT2D eigenvalue weighted by molar-refractivity contribution is 7.18. The summed E-state index contributed by atoms with van der Waals surface area (Å²) in [7, 11) is 0. The number of hydrogen-bond acceptors (Lipinski definition) is 3. The van der Waals surface area contributed by atoms with Crippen LogP contribution in [0, 0.1) is 5.92 Å². The van der Waals surface area contributed by atoms with E-state index in [1.807, 2.05) is 11.3 Å². The molecule has 0 spiro atoms. The third-order valence-electron chi connectivity index (χ3n) is 3.90. The molecule has 18 heavy (non-hydrogen) atoms. The quantitative estimate of drug-likeness (QED) is 0.903. The van der Waals surface area contributed by atoms with E-state index in [0.717, 1.165) is 18.0 Å². The van der Waals surface area contributed by atoms with Gasteiger partial charge < -0.3 is 5.32 Å². The Balaban J connectivity index is 1.59. The molecular weight excluding hydrogens is 240 g/mol. The highest BCUT2D eigenvalue weighted by Gasteiger charge is 2.17. The predicted octanol–water partition coefficient (Wildman–Crippen LogP) is 3.96. The normalized spacial score (nSPS) is 24.5. The van der Waals surface area contributed by atoms with Gasteiger partial charge in [0.05, 0.1) is 10.2 Å². The van der Waals surface area contributed by atoms with Crippen LogP contribution >= 0.6 is 11.3 Å². The van der Waals surface area contributed by atoms with Gasteiger partial charge in [-0.05, 0) is 43.7 Å². The van der Waals surface area contributed by atoms with Crippen LogP contribution in [-0.4, -0.2) is 11.0 Å². The fourth-order valence-corrected chi connectivity index (χ4v) is 3.61. The zero-order chi connectivity index (χ0) is 12.4. The zero-order valence-electron chi connectivity index (χ0n) is 10.9. The molecule has 1 heterocycles. The molecule has 0 radical (unpaired) electrons. The van der Waals surface area contributed by atoms with Crippen molar-refractivity contribution in [1.82, 2.24) is 10.3 Å². The first kappa shape index (κ1) is 12.1. The number of fused-ring (bicyclic) bond motifs is 1. The minimum Gasteiger partial charge on any atom is -0.308 e. The van der Waals surface area contributed by atoms with Gasteiger partial charge in [-0.25, -0.2) is 4.98 Å². The molecule has 0 atom stereocenters. The molecule has 1 fully saturated rings. The molecule has 0 bridgehead atoms. The summed E-state index contributed by atoms with van der Waals surface area (Å²) >= 11 is 1.81. The van der Waals surface area contributed by atoms with Crippen LogP contribution in [0.15, 0.2) is 24.3 Å². The van der Waals surface area contributed by atoms with Gasteiger partial charge in [0, 0.05) is 12.6 Å². The van der Waals surface area contributed by atoms with Crippen molar-refractivity contribution in [2.45, 2.75) is 45.2 Å². The third kappa shape index (κ3) is 2.73. The molecule has 1 saturated carbocycles. The average Bonchev–Trinajstić information content (AvgIpc) is 2.81. The first-order chi connectivity index (χ1) is 8.81.